The molecule has 0 aliphatic rings. The van der Waals surface area contributed by atoms with E-state index in [1.165, 1.54) is 0 Å². The first-order chi connectivity index (χ1) is 11.0. The zero-order chi connectivity index (χ0) is 16.8. The van der Waals surface area contributed by atoms with Gasteiger partial charge in [0.2, 0.25) is 5.91 Å². The van der Waals surface area contributed by atoms with E-state index in [1.54, 1.807) is 48.5 Å². The fourth-order valence-electron chi connectivity index (χ4n) is 2.13. The summed E-state index contributed by atoms with van der Waals surface area (Å²) in [6, 6.07) is 12.4. The number of rotatable bonds is 5. The molecule has 1 unspecified atom stereocenters. The minimum Gasteiger partial charge on any atom is -0.352 e. The molecular formula is C16H15Cl2N3O2. The molecule has 0 fully saturated rings. The molecule has 2 aromatic carbocycles. The zero-order valence-electron chi connectivity index (χ0n) is 12.1. The molecule has 0 aliphatic heterocycles. The first-order valence-electron chi connectivity index (χ1n) is 6.81. The van der Waals surface area contributed by atoms with Crippen LogP contribution in [0.1, 0.15) is 18.0 Å². The van der Waals surface area contributed by atoms with Gasteiger partial charge in [0.15, 0.2) is 0 Å². The van der Waals surface area contributed by atoms with E-state index in [1.807, 2.05) is 0 Å². The third-order valence-electron chi connectivity index (χ3n) is 3.10. The molecule has 120 valence electrons. The Kier molecular flexibility index (Phi) is 5.84. The van der Waals surface area contributed by atoms with Crippen molar-refractivity contribution in [2.24, 2.45) is 5.73 Å². The highest BCUT2D eigenvalue weighted by Gasteiger charge is 2.19. The SMILES string of the molecule is NC(=O)NC(CC(=O)Nc1cccc(Cl)c1)c1ccccc1Cl. The molecule has 0 saturated carbocycles. The largest absolute Gasteiger partial charge is 0.352 e. The number of nitrogens with two attached hydrogens (primary N) is 1. The Morgan fingerprint density at radius 1 is 1.09 bits per heavy atom. The lowest BCUT2D eigenvalue weighted by atomic mass is 10.0. The van der Waals surface area contributed by atoms with Crippen molar-refractivity contribution in [3.05, 3.63) is 64.1 Å². The molecule has 7 heteroatoms. The van der Waals surface area contributed by atoms with Crippen LogP contribution in [0.25, 0.3) is 0 Å². The monoisotopic (exact) mass is 351 g/mol. The molecule has 5 nitrogen and oxygen atoms in total. The van der Waals surface area contributed by atoms with Crippen LogP contribution in [0.5, 0.6) is 0 Å². The van der Waals surface area contributed by atoms with Gasteiger partial charge >= 0.3 is 6.03 Å². The van der Waals surface area contributed by atoms with Gasteiger partial charge in [-0.15, -0.1) is 0 Å². The molecule has 0 aliphatic carbocycles. The highest BCUT2D eigenvalue weighted by Crippen LogP contribution is 2.25. The van der Waals surface area contributed by atoms with Crippen molar-refractivity contribution in [3.8, 4) is 0 Å². The smallest absolute Gasteiger partial charge is 0.312 e. The van der Waals surface area contributed by atoms with Gasteiger partial charge in [-0.25, -0.2) is 4.79 Å². The lowest BCUT2D eigenvalue weighted by Gasteiger charge is -2.19. The normalized spacial score (nSPS) is 11.6. The number of hydrogen-bond acceptors (Lipinski definition) is 2. The van der Waals surface area contributed by atoms with Crippen LogP contribution in [0.4, 0.5) is 10.5 Å². The van der Waals surface area contributed by atoms with Crippen LogP contribution in [-0.2, 0) is 4.79 Å². The number of halogens is 2. The summed E-state index contributed by atoms with van der Waals surface area (Å²) in [5.41, 5.74) is 6.38. The predicted molar refractivity (Wildman–Crippen MR) is 91.6 cm³/mol. The van der Waals surface area contributed by atoms with Gasteiger partial charge < -0.3 is 16.4 Å². The zero-order valence-corrected chi connectivity index (χ0v) is 13.6. The lowest BCUT2D eigenvalue weighted by molar-refractivity contribution is -0.116. The number of benzene rings is 2. The van der Waals surface area contributed by atoms with Crippen molar-refractivity contribution < 1.29 is 9.59 Å². The third-order valence-corrected chi connectivity index (χ3v) is 3.67. The van der Waals surface area contributed by atoms with Crippen molar-refractivity contribution in [1.29, 1.82) is 0 Å². The summed E-state index contributed by atoms with van der Waals surface area (Å²) >= 11 is 12.0. The molecule has 0 saturated heterocycles. The number of carbonyl (C=O) groups is 2. The van der Waals surface area contributed by atoms with Crippen molar-refractivity contribution in [1.82, 2.24) is 5.32 Å². The maximum absolute atomic E-state index is 12.2. The molecule has 0 radical (unpaired) electrons. The summed E-state index contributed by atoms with van der Waals surface area (Å²) in [6.45, 7) is 0. The topological polar surface area (TPSA) is 84.2 Å². The van der Waals surface area contributed by atoms with Gasteiger partial charge in [-0.2, -0.15) is 0 Å². The van der Waals surface area contributed by atoms with Gasteiger partial charge in [0.25, 0.3) is 0 Å². The fraction of sp³-hybridized carbons (Fsp3) is 0.125. The Morgan fingerprint density at radius 2 is 1.83 bits per heavy atom. The van der Waals surface area contributed by atoms with Crippen LogP contribution in [0.2, 0.25) is 10.0 Å². The predicted octanol–water partition coefficient (Wildman–Crippen LogP) is 3.73. The van der Waals surface area contributed by atoms with Crippen LogP contribution in [0.3, 0.4) is 0 Å². The average molecular weight is 352 g/mol. The molecule has 0 spiro atoms. The summed E-state index contributed by atoms with van der Waals surface area (Å²) in [5.74, 6) is -0.300. The summed E-state index contributed by atoms with van der Waals surface area (Å²) in [7, 11) is 0. The third kappa shape index (κ3) is 5.16. The van der Waals surface area contributed by atoms with Gasteiger partial charge in [-0.05, 0) is 29.8 Å². The van der Waals surface area contributed by atoms with Gasteiger partial charge in [0.1, 0.15) is 0 Å². The second-order valence-corrected chi connectivity index (χ2v) is 5.69. The summed E-state index contributed by atoms with van der Waals surface area (Å²) < 4.78 is 0. The molecule has 0 aromatic heterocycles. The molecular weight excluding hydrogens is 337 g/mol. The minimum atomic E-state index is -0.731. The highest BCUT2D eigenvalue weighted by atomic mass is 35.5. The van der Waals surface area contributed by atoms with Crippen LogP contribution in [0, 0.1) is 0 Å². The van der Waals surface area contributed by atoms with E-state index in [0.717, 1.165) is 0 Å². The quantitative estimate of drug-likeness (QED) is 0.766. The van der Waals surface area contributed by atoms with E-state index < -0.39 is 12.1 Å². The van der Waals surface area contributed by atoms with Gasteiger partial charge in [0, 0.05) is 15.7 Å². The number of carbonyl (C=O) groups excluding carboxylic acids is 2. The van der Waals surface area contributed by atoms with E-state index in [9.17, 15) is 9.59 Å². The van der Waals surface area contributed by atoms with E-state index >= 15 is 0 Å². The van der Waals surface area contributed by atoms with Crippen molar-refractivity contribution in [2.45, 2.75) is 12.5 Å². The number of primary amides is 1. The number of anilines is 1. The molecule has 1 atom stereocenters. The summed E-state index contributed by atoms with van der Waals surface area (Å²) in [4.78, 5) is 23.4. The minimum absolute atomic E-state index is 0.0147. The maximum Gasteiger partial charge on any atom is 0.312 e. The number of urea groups is 1. The van der Waals surface area contributed by atoms with E-state index in [-0.39, 0.29) is 12.3 Å². The van der Waals surface area contributed by atoms with E-state index in [2.05, 4.69) is 10.6 Å². The summed E-state index contributed by atoms with van der Waals surface area (Å²) in [6.07, 6.45) is -0.0147. The first-order valence-corrected chi connectivity index (χ1v) is 7.57. The number of hydrogen-bond donors (Lipinski definition) is 3. The maximum atomic E-state index is 12.2. The molecule has 0 heterocycles. The fourth-order valence-corrected chi connectivity index (χ4v) is 2.59. The van der Waals surface area contributed by atoms with Gasteiger partial charge in [-0.3, -0.25) is 4.79 Å². The molecule has 4 N–H and O–H groups in total. The molecule has 23 heavy (non-hydrogen) atoms. The Labute approximate surface area is 143 Å². The van der Waals surface area contributed by atoms with Crippen LogP contribution < -0.4 is 16.4 Å². The van der Waals surface area contributed by atoms with Crippen molar-refractivity contribution >= 4 is 40.8 Å². The Hall–Kier alpha value is -2.24. The van der Waals surface area contributed by atoms with Crippen LogP contribution >= 0.6 is 23.2 Å². The van der Waals surface area contributed by atoms with Crippen molar-refractivity contribution in [3.63, 3.8) is 0 Å². The Balaban J connectivity index is 2.13. The van der Waals surface area contributed by atoms with Gasteiger partial charge in [0.05, 0.1) is 12.5 Å². The summed E-state index contributed by atoms with van der Waals surface area (Å²) in [5, 5.41) is 6.21. The molecule has 2 aromatic rings. The van der Waals surface area contributed by atoms with E-state index in [4.69, 9.17) is 28.9 Å². The first kappa shape index (κ1) is 17.1. The van der Waals surface area contributed by atoms with E-state index in [0.29, 0.717) is 21.3 Å². The van der Waals surface area contributed by atoms with Crippen LogP contribution in [0.15, 0.2) is 48.5 Å². The average Bonchev–Trinajstić information content (AvgIpc) is 2.46. The van der Waals surface area contributed by atoms with Crippen LogP contribution in [-0.4, -0.2) is 11.9 Å². The molecule has 3 amide bonds. The second kappa shape index (κ2) is 7.85. The highest BCUT2D eigenvalue weighted by molar-refractivity contribution is 6.31. The lowest BCUT2D eigenvalue weighted by Crippen LogP contribution is -2.35. The Bertz CT molecular complexity index is 722. The second-order valence-electron chi connectivity index (χ2n) is 4.85. The number of nitrogens with one attached hydrogen (secondary N) is 2. The number of amides is 3. The standard InChI is InChI=1S/C16H15Cl2N3O2/c17-10-4-3-5-11(8-10)20-15(22)9-14(21-16(19)23)12-6-1-2-7-13(12)18/h1-8,14H,9H2,(H,20,22)(H3,19,21,23). The van der Waals surface area contributed by atoms with Gasteiger partial charge in [-0.1, -0.05) is 47.5 Å². The molecule has 0 bridgehead atoms. The van der Waals surface area contributed by atoms with Crippen molar-refractivity contribution in [2.75, 3.05) is 5.32 Å². The Morgan fingerprint density at radius 3 is 2.48 bits per heavy atom. The molecule has 2 rings (SSSR count).